The molecular weight excluding hydrogens is 244 g/mol. The van der Waals surface area contributed by atoms with Crippen molar-refractivity contribution in [3.63, 3.8) is 0 Å². The highest BCUT2D eigenvalue weighted by atomic mass is 16.1. The van der Waals surface area contributed by atoms with E-state index in [1.807, 2.05) is 0 Å². The van der Waals surface area contributed by atoms with E-state index in [2.05, 4.69) is 37.7 Å². The maximum atomic E-state index is 11.9. The van der Waals surface area contributed by atoms with E-state index >= 15 is 0 Å². The highest BCUT2D eigenvalue weighted by molar-refractivity contribution is 6.03. The number of hydrogen-bond donors (Lipinski definition) is 2. The molecule has 2 aromatic rings. The highest BCUT2D eigenvalue weighted by Gasteiger charge is 2.08. The Balaban J connectivity index is 1.99. The summed E-state index contributed by atoms with van der Waals surface area (Å²) in [6.45, 7) is 2.92. The molecule has 2 N–H and O–H groups in total. The van der Waals surface area contributed by atoms with Crippen LogP contribution in [0.15, 0.2) is 30.7 Å². The molecule has 0 saturated heterocycles. The van der Waals surface area contributed by atoms with Gasteiger partial charge in [-0.1, -0.05) is 6.92 Å². The number of carbonyl (C=O) groups is 1. The zero-order chi connectivity index (χ0) is 13.5. The van der Waals surface area contributed by atoms with E-state index in [-0.39, 0.29) is 11.9 Å². The quantitative estimate of drug-likeness (QED) is 0.840. The van der Waals surface area contributed by atoms with Crippen LogP contribution in [0.1, 0.15) is 23.7 Å². The van der Waals surface area contributed by atoms with Gasteiger partial charge in [-0.2, -0.15) is 5.10 Å². The van der Waals surface area contributed by atoms with Crippen LogP contribution in [0.5, 0.6) is 0 Å². The van der Waals surface area contributed by atoms with Crippen molar-refractivity contribution in [1.82, 2.24) is 20.2 Å². The summed E-state index contributed by atoms with van der Waals surface area (Å²) >= 11 is 0. The van der Waals surface area contributed by atoms with Crippen molar-refractivity contribution in [3.8, 4) is 0 Å². The van der Waals surface area contributed by atoms with Gasteiger partial charge in [0.25, 0.3) is 5.91 Å². The Morgan fingerprint density at radius 3 is 2.79 bits per heavy atom. The van der Waals surface area contributed by atoms with Gasteiger partial charge in [-0.25, -0.2) is 9.97 Å². The zero-order valence-corrected chi connectivity index (χ0v) is 10.5. The molecule has 0 aliphatic heterocycles. The van der Waals surface area contributed by atoms with E-state index in [9.17, 15) is 4.79 Å². The Kier molecular flexibility index (Phi) is 4.33. The lowest BCUT2D eigenvalue weighted by Crippen LogP contribution is -2.15. The largest absolute Gasteiger partial charge is 0.370 e. The molecule has 1 amide bonds. The predicted molar refractivity (Wildman–Crippen MR) is 70.8 cm³/mol. The number of pyridine rings is 1. The van der Waals surface area contributed by atoms with E-state index in [0.29, 0.717) is 5.56 Å². The minimum Gasteiger partial charge on any atom is -0.370 e. The van der Waals surface area contributed by atoms with Gasteiger partial charge in [0.05, 0.1) is 18.0 Å². The Hall–Kier alpha value is -2.57. The molecule has 0 spiro atoms. The summed E-state index contributed by atoms with van der Waals surface area (Å²) in [5, 5.41) is 13.0. The summed E-state index contributed by atoms with van der Waals surface area (Å²) in [6.07, 6.45) is 5.41. The molecule has 2 rings (SSSR count). The van der Waals surface area contributed by atoms with E-state index in [0.717, 1.165) is 18.8 Å². The van der Waals surface area contributed by atoms with Crippen LogP contribution >= 0.6 is 0 Å². The topological polar surface area (TPSA) is 92.7 Å². The second-order valence-corrected chi connectivity index (χ2v) is 3.78. The molecule has 0 aliphatic rings. The van der Waals surface area contributed by atoms with Crippen LogP contribution in [0, 0.1) is 0 Å². The van der Waals surface area contributed by atoms with Gasteiger partial charge in [-0.15, -0.1) is 5.10 Å². The van der Waals surface area contributed by atoms with E-state index in [1.165, 1.54) is 18.6 Å². The number of anilines is 2. The Morgan fingerprint density at radius 1 is 1.26 bits per heavy atom. The normalized spacial score (nSPS) is 9.95. The summed E-state index contributed by atoms with van der Waals surface area (Å²) in [5.74, 6) is 0.597. The lowest BCUT2D eigenvalue weighted by atomic mass is 10.2. The van der Waals surface area contributed by atoms with Crippen molar-refractivity contribution in [2.24, 2.45) is 0 Å². The smallest absolute Gasteiger partial charge is 0.259 e. The molecule has 0 fully saturated rings. The van der Waals surface area contributed by atoms with Crippen LogP contribution in [0.25, 0.3) is 0 Å². The van der Waals surface area contributed by atoms with Gasteiger partial charge in [0.15, 0.2) is 0 Å². The average molecular weight is 258 g/mol. The lowest BCUT2D eigenvalue weighted by molar-refractivity contribution is 0.102. The lowest BCUT2D eigenvalue weighted by Gasteiger charge is -2.05. The summed E-state index contributed by atoms with van der Waals surface area (Å²) in [7, 11) is 0. The fourth-order valence-corrected chi connectivity index (χ4v) is 1.36. The summed E-state index contributed by atoms with van der Waals surface area (Å²) in [4.78, 5) is 19.9. The van der Waals surface area contributed by atoms with Crippen LogP contribution in [-0.2, 0) is 0 Å². The van der Waals surface area contributed by atoms with Gasteiger partial charge in [-0.3, -0.25) is 10.1 Å². The van der Waals surface area contributed by atoms with Crippen LogP contribution in [0.4, 0.5) is 11.8 Å². The molecule has 19 heavy (non-hydrogen) atoms. The maximum absolute atomic E-state index is 11.9. The molecule has 98 valence electrons. The molecule has 0 saturated carbocycles. The van der Waals surface area contributed by atoms with Gasteiger partial charge < -0.3 is 5.32 Å². The first kappa shape index (κ1) is 12.9. The van der Waals surface area contributed by atoms with Gasteiger partial charge in [-0.05, 0) is 18.6 Å². The summed E-state index contributed by atoms with van der Waals surface area (Å²) in [5.41, 5.74) is 0.439. The molecule has 7 heteroatoms. The first-order valence-corrected chi connectivity index (χ1v) is 5.94. The number of carbonyl (C=O) groups excluding carboxylic acids is 1. The Bertz CT molecular complexity index is 528. The number of hydrogen-bond acceptors (Lipinski definition) is 6. The molecule has 0 bridgehead atoms. The maximum Gasteiger partial charge on any atom is 0.259 e. The van der Waals surface area contributed by atoms with E-state index in [4.69, 9.17) is 0 Å². The molecule has 0 unspecified atom stereocenters. The fraction of sp³-hybridized carbons (Fsp3) is 0.250. The Labute approximate surface area is 110 Å². The number of nitrogens with zero attached hydrogens (tertiary/aromatic N) is 4. The van der Waals surface area contributed by atoms with E-state index in [1.54, 1.807) is 12.1 Å². The van der Waals surface area contributed by atoms with Crippen LogP contribution in [0.3, 0.4) is 0 Å². The molecule has 2 heterocycles. The van der Waals surface area contributed by atoms with Gasteiger partial charge >= 0.3 is 0 Å². The average Bonchev–Trinajstić information content (AvgIpc) is 2.46. The monoisotopic (exact) mass is 258 g/mol. The van der Waals surface area contributed by atoms with Crippen molar-refractivity contribution in [2.45, 2.75) is 13.3 Å². The molecule has 7 nitrogen and oxygen atoms in total. The number of nitrogens with one attached hydrogen (secondary N) is 2. The number of amides is 1. The number of rotatable bonds is 5. The van der Waals surface area contributed by atoms with Crippen molar-refractivity contribution < 1.29 is 4.79 Å². The van der Waals surface area contributed by atoms with Crippen molar-refractivity contribution in [3.05, 3.63) is 36.3 Å². The van der Waals surface area contributed by atoms with Crippen LogP contribution in [-0.4, -0.2) is 32.6 Å². The first-order chi connectivity index (χ1) is 9.29. The SMILES string of the molecule is CCCNc1ccc(C(=O)Nc2nccnn2)cn1. The van der Waals surface area contributed by atoms with Crippen LogP contribution in [0.2, 0.25) is 0 Å². The first-order valence-electron chi connectivity index (χ1n) is 5.94. The van der Waals surface area contributed by atoms with Crippen LogP contribution < -0.4 is 10.6 Å². The predicted octanol–water partition coefficient (Wildman–Crippen LogP) is 1.34. The third-order valence-electron chi connectivity index (χ3n) is 2.29. The molecule has 0 aliphatic carbocycles. The molecular formula is C12H14N6O. The second-order valence-electron chi connectivity index (χ2n) is 3.78. The number of aromatic nitrogens is 4. The van der Waals surface area contributed by atoms with Gasteiger partial charge in [0.2, 0.25) is 5.95 Å². The van der Waals surface area contributed by atoms with Gasteiger partial charge in [0, 0.05) is 12.7 Å². The van der Waals surface area contributed by atoms with Crippen molar-refractivity contribution in [2.75, 3.05) is 17.2 Å². The fourth-order valence-electron chi connectivity index (χ4n) is 1.36. The zero-order valence-electron chi connectivity index (χ0n) is 10.5. The minimum atomic E-state index is -0.317. The van der Waals surface area contributed by atoms with Crippen molar-refractivity contribution >= 4 is 17.7 Å². The summed E-state index contributed by atoms with van der Waals surface area (Å²) in [6, 6.07) is 3.45. The van der Waals surface area contributed by atoms with E-state index < -0.39 is 0 Å². The highest BCUT2D eigenvalue weighted by Crippen LogP contribution is 2.06. The van der Waals surface area contributed by atoms with Crippen molar-refractivity contribution in [1.29, 1.82) is 0 Å². The third-order valence-corrected chi connectivity index (χ3v) is 2.29. The van der Waals surface area contributed by atoms with Gasteiger partial charge in [0.1, 0.15) is 5.82 Å². The molecule has 0 atom stereocenters. The molecule has 0 aromatic carbocycles. The summed E-state index contributed by atoms with van der Waals surface area (Å²) < 4.78 is 0. The molecule has 0 radical (unpaired) electrons. The minimum absolute atomic E-state index is 0.167. The third kappa shape index (κ3) is 3.70. The Morgan fingerprint density at radius 2 is 2.16 bits per heavy atom. The second kappa shape index (κ2) is 6.39. The molecule has 2 aromatic heterocycles. The standard InChI is InChI=1S/C12H14N6O/c1-2-5-13-10-4-3-9(8-15-10)11(19)17-12-14-6-7-16-18-12/h3-4,6-8H,2,5H2,1H3,(H,13,15)(H,14,17,18,19).